The fraction of sp³-hybridized carbons (Fsp3) is 0.500. The first-order chi connectivity index (χ1) is 15.7. The van der Waals surface area contributed by atoms with Gasteiger partial charge >= 0.3 is 0 Å². The van der Waals surface area contributed by atoms with Crippen LogP contribution in [0.1, 0.15) is 37.5 Å². The number of anilines is 1. The Balaban J connectivity index is 1.53. The lowest BCUT2D eigenvalue weighted by Crippen LogP contribution is -2.33. The summed E-state index contributed by atoms with van der Waals surface area (Å²) in [7, 11) is 0. The first kappa shape index (κ1) is 21.6. The lowest BCUT2D eigenvalue weighted by molar-refractivity contribution is -0.0502. The number of nitrogens with zero attached hydrogens (tertiary/aromatic N) is 4. The maximum atomic E-state index is 10.7. The summed E-state index contributed by atoms with van der Waals surface area (Å²) < 4.78 is 7.53. The van der Waals surface area contributed by atoms with Crippen LogP contribution in [0.15, 0.2) is 41.7 Å². The molecule has 2 aliphatic rings. The van der Waals surface area contributed by atoms with Gasteiger partial charge in [-0.05, 0) is 18.4 Å². The van der Waals surface area contributed by atoms with Crippen molar-refractivity contribution in [3.8, 4) is 0 Å². The number of hydrogen-bond acceptors (Lipinski definition) is 9. The minimum absolute atomic E-state index is 0.274. The third-order valence-corrected chi connectivity index (χ3v) is 7.17. The van der Waals surface area contributed by atoms with Gasteiger partial charge in [-0.3, -0.25) is 4.57 Å². The predicted octanol–water partition coefficient (Wildman–Crippen LogP) is 2.08. The molecule has 0 radical (unpaired) electrons. The van der Waals surface area contributed by atoms with Crippen LogP contribution in [-0.2, 0) is 10.5 Å². The van der Waals surface area contributed by atoms with Crippen LogP contribution in [0, 0.1) is 0 Å². The Bertz CT molecular complexity index is 1060. The van der Waals surface area contributed by atoms with Gasteiger partial charge in [0, 0.05) is 11.8 Å². The topological polar surface area (TPSA) is 126 Å². The summed E-state index contributed by atoms with van der Waals surface area (Å²) >= 11 is 1.57. The Morgan fingerprint density at radius 1 is 1.09 bits per heavy atom. The van der Waals surface area contributed by atoms with Gasteiger partial charge in [0.05, 0.1) is 6.61 Å². The van der Waals surface area contributed by atoms with Crippen molar-refractivity contribution in [1.29, 1.82) is 0 Å². The summed E-state index contributed by atoms with van der Waals surface area (Å²) in [6.07, 6.45) is 1.67. The number of aromatic nitrogens is 4. The van der Waals surface area contributed by atoms with Gasteiger partial charge in [0.25, 0.3) is 0 Å². The summed E-state index contributed by atoms with van der Waals surface area (Å²) in [5, 5.41) is 34.8. The molecule has 9 nitrogen and oxygen atoms in total. The van der Waals surface area contributed by atoms with Crippen molar-refractivity contribution in [3.05, 3.63) is 42.2 Å². The molecule has 1 saturated heterocycles. The molecule has 1 saturated carbocycles. The molecule has 1 aliphatic carbocycles. The maximum Gasteiger partial charge on any atom is 0.207 e. The van der Waals surface area contributed by atoms with Gasteiger partial charge in [-0.2, -0.15) is 0 Å². The Hall–Kier alpha value is -2.24. The summed E-state index contributed by atoms with van der Waals surface area (Å²) in [5.41, 5.74) is 2.31. The van der Waals surface area contributed by atoms with Gasteiger partial charge in [0.2, 0.25) is 5.95 Å². The van der Waals surface area contributed by atoms with Crippen molar-refractivity contribution in [2.24, 2.45) is 0 Å². The number of ether oxygens (including phenoxy) is 1. The van der Waals surface area contributed by atoms with E-state index in [9.17, 15) is 15.3 Å². The van der Waals surface area contributed by atoms with Crippen LogP contribution in [0.4, 0.5) is 5.95 Å². The number of aliphatic hydroxyl groups is 3. The van der Waals surface area contributed by atoms with Crippen LogP contribution in [0.5, 0.6) is 0 Å². The largest absolute Gasteiger partial charge is 0.394 e. The molecule has 3 heterocycles. The SMILES string of the molecule is OC[C@H]1O[C@@H](n2c(NC3CCCC3)nc3c(SCc4ccccc4)ncnc32)[C@H](O)[C@@H]1O. The van der Waals surface area contributed by atoms with E-state index >= 15 is 0 Å². The average molecular weight is 458 g/mol. The van der Waals surface area contributed by atoms with Crippen molar-refractivity contribution in [3.63, 3.8) is 0 Å². The molecule has 170 valence electrons. The second-order valence-corrected chi connectivity index (χ2v) is 9.25. The van der Waals surface area contributed by atoms with E-state index in [2.05, 4.69) is 27.4 Å². The van der Waals surface area contributed by atoms with E-state index in [0.717, 1.165) is 36.5 Å². The summed E-state index contributed by atoms with van der Waals surface area (Å²) in [6, 6.07) is 10.4. The van der Waals surface area contributed by atoms with E-state index in [0.29, 0.717) is 17.1 Å². The van der Waals surface area contributed by atoms with Crippen molar-refractivity contribution in [2.45, 2.75) is 67.0 Å². The zero-order valence-corrected chi connectivity index (χ0v) is 18.4. The van der Waals surface area contributed by atoms with E-state index in [1.54, 1.807) is 16.3 Å². The van der Waals surface area contributed by atoms with E-state index in [1.165, 1.54) is 11.9 Å². The number of aliphatic hydroxyl groups excluding tert-OH is 3. The molecule has 0 bridgehead atoms. The molecular formula is C22H27N5O4S. The highest BCUT2D eigenvalue weighted by Gasteiger charge is 2.45. The van der Waals surface area contributed by atoms with Crippen molar-refractivity contribution in [1.82, 2.24) is 19.5 Å². The van der Waals surface area contributed by atoms with Gasteiger partial charge in [-0.15, -0.1) is 0 Å². The van der Waals surface area contributed by atoms with Gasteiger partial charge in [-0.1, -0.05) is 54.9 Å². The number of fused-ring (bicyclic) bond motifs is 1. The van der Waals surface area contributed by atoms with Crippen molar-refractivity contribution < 1.29 is 20.1 Å². The zero-order chi connectivity index (χ0) is 22.1. The van der Waals surface area contributed by atoms with E-state index < -0.39 is 24.5 Å². The second-order valence-electron chi connectivity index (χ2n) is 8.29. The lowest BCUT2D eigenvalue weighted by atomic mass is 10.1. The summed E-state index contributed by atoms with van der Waals surface area (Å²) in [5.74, 6) is 1.27. The third kappa shape index (κ3) is 4.08. The number of thioether (sulfide) groups is 1. The number of nitrogens with one attached hydrogen (secondary N) is 1. The Morgan fingerprint density at radius 2 is 1.88 bits per heavy atom. The number of imidazole rings is 1. The smallest absolute Gasteiger partial charge is 0.207 e. The zero-order valence-electron chi connectivity index (χ0n) is 17.5. The van der Waals surface area contributed by atoms with Crippen LogP contribution in [-0.4, -0.2) is 65.8 Å². The molecule has 10 heteroatoms. The molecule has 2 fully saturated rings. The predicted molar refractivity (Wildman–Crippen MR) is 120 cm³/mol. The highest BCUT2D eigenvalue weighted by molar-refractivity contribution is 7.98. The van der Waals surface area contributed by atoms with Gasteiger partial charge in [0.15, 0.2) is 11.9 Å². The van der Waals surface area contributed by atoms with Gasteiger partial charge in [0.1, 0.15) is 35.2 Å². The van der Waals surface area contributed by atoms with Crippen LogP contribution in [0.25, 0.3) is 11.2 Å². The highest BCUT2D eigenvalue weighted by atomic mass is 32.2. The normalized spacial score (nSPS) is 26.2. The fourth-order valence-electron chi connectivity index (χ4n) is 4.41. The third-order valence-electron chi connectivity index (χ3n) is 6.12. The van der Waals surface area contributed by atoms with E-state index in [4.69, 9.17) is 9.72 Å². The molecule has 0 spiro atoms. The monoisotopic (exact) mass is 457 g/mol. The molecular weight excluding hydrogens is 430 g/mol. The lowest BCUT2D eigenvalue weighted by Gasteiger charge is -2.21. The first-order valence-corrected chi connectivity index (χ1v) is 11.9. The second kappa shape index (κ2) is 9.32. The molecule has 4 atom stereocenters. The molecule has 0 amide bonds. The summed E-state index contributed by atoms with van der Waals surface area (Å²) in [6.45, 7) is -0.389. The van der Waals surface area contributed by atoms with Gasteiger partial charge in [-0.25, -0.2) is 15.0 Å². The molecule has 4 N–H and O–H groups in total. The standard InChI is InChI=1S/C22H27N5O4S/c28-10-15-17(29)18(30)21(31-15)27-19-16(26-22(27)25-14-8-4-5-9-14)20(24-12-23-19)32-11-13-6-2-1-3-7-13/h1-3,6-7,12,14-15,17-18,21,28-30H,4-5,8-11H2,(H,25,26)/t15-,17-,18-,21-/m1/s1. The Morgan fingerprint density at radius 3 is 2.59 bits per heavy atom. The average Bonchev–Trinajstić information content (AvgIpc) is 3.52. The molecule has 2 aromatic heterocycles. The molecule has 1 aliphatic heterocycles. The van der Waals surface area contributed by atoms with Crippen molar-refractivity contribution in [2.75, 3.05) is 11.9 Å². The quantitative estimate of drug-likeness (QED) is 0.312. The summed E-state index contributed by atoms with van der Waals surface area (Å²) in [4.78, 5) is 13.7. The van der Waals surface area contributed by atoms with Crippen LogP contribution < -0.4 is 5.32 Å². The van der Waals surface area contributed by atoms with E-state index in [1.807, 2.05) is 18.2 Å². The first-order valence-electron chi connectivity index (χ1n) is 10.9. The molecule has 3 aromatic rings. The number of rotatable bonds is 7. The van der Waals surface area contributed by atoms with Crippen LogP contribution >= 0.6 is 11.8 Å². The highest BCUT2D eigenvalue weighted by Crippen LogP contribution is 2.37. The van der Waals surface area contributed by atoms with Crippen LogP contribution in [0.2, 0.25) is 0 Å². The molecule has 0 unspecified atom stereocenters. The van der Waals surface area contributed by atoms with Crippen molar-refractivity contribution >= 4 is 28.9 Å². The molecule has 1 aromatic carbocycles. The Labute approximate surface area is 189 Å². The fourth-order valence-corrected chi connectivity index (χ4v) is 5.30. The maximum absolute atomic E-state index is 10.7. The minimum atomic E-state index is -1.22. The minimum Gasteiger partial charge on any atom is -0.394 e. The molecule has 32 heavy (non-hydrogen) atoms. The van der Waals surface area contributed by atoms with Crippen LogP contribution in [0.3, 0.4) is 0 Å². The number of benzene rings is 1. The number of hydrogen-bond donors (Lipinski definition) is 4. The molecule has 5 rings (SSSR count). The van der Waals surface area contributed by atoms with Gasteiger partial charge < -0.3 is 25.4 Å². The Kier molecular flexibility index (Phi) is 6.29. The van der Waals surface area contributed by atoms with E-state index in [-0.39, 0.29) is 12.6 Å².